The molecule has 1 aromatic heterocycles. The number of hydrogen-bond acceptors (Lipinski definition) is 4. The van der Waals surface area contributed by atoms with Gasteiger partial charge in [-0.15, -0.1) is 11.8 Å². The van der Waals surface area contributed by atoms with Gasteiger partial charge in [0.25, 0.3) is 0 Å². The molecule has 2 aromatic rings. The van der Waals surface area contributed by atoms with Gasteiger partial charge in [-0.3, -0.25) is 9.88 Å². The van der Waals surface area contributed by atoms with Gasteiger partial charge in [0.05, 0.1) is 17.3 Å². The van der Waals surface area contributed by atoms with Crippen LogP contribution in [0.2, 0.25) is 0 Å². The van der Waals surface area contributed by atoms with E-state index in [-0.39, 0.29) is 0 Å². The maximum Gasteiger partial charge on any atom is 0.0705 e. The lowest BCUT2D eigenvalue weighted by Gasteiger charge is -2.47. The first kappa shape index (κ1) is 13.6. The van der Waals surface area contributed by atoms with Crippen LogP contribution in [0.25, 0.3) is 10.9 Å². The van der Waals surface area contributed by atoms with Crippen molar-refractivity contribution < 1.29 is 4.74 Å². The molecule has 2 fully saturated rings. The topological polar surface area (TPSA) is 25.4 Å². The molecule has 21 heavy (non-hydrogen) atoms. The molecular formula is C17H20N2OS. The van der Waals surface area contributed by atoms with E-state index in [1.54, 1.807) is 0 Å². The van der Waals surface area contributed by atoms with E-state index in [4.69, 9.17) is 9.72 Å². The maximum atomic E-state index is 5.49. The summed E-state index contributed by atoms with van der Waals surface area (Å²) < 4.78 is 5.95. The molecule has 4 heteroatoms. The summed E-state index contributed by atoms with van der Waals surface area (Å²) in [5.74, 6) is 1.15. The van der Waals surface area contributed by atoms with Crippen LogP contribution >= 0.6 is 11.8 Å². The van der Waals surface area contributed by atoms with Crippen LogP contribution in [0.15, 0.2) is 36.4 Å². The highest BCUT2D eigenvalue weighted by Crippen LogP contribution is 2.46. The van der Waals surface area contributed by atoms with Gasteiger partial charge in [0, 0.05) is 42.6 Å². The summed E-state index contributed by atoms with van der Waals surface area (Å²) in [6.07, 6.45) is 1.66. The Hall–Kier alpha value is -1.10. The minimum Gasteiger partial charge on any atom is -0.381 e. The molecule has 1 unspecified atom stereocenters. The summed E-state index contributed by atoms with van der Waals surface area (Å²) in [5, 5.41) is 1.22. The molecule has 3 heterocycles. The molecule has 0 amide bonds. The van der Waals surface area contributed by atoms with Crippen LogP contribution in [-0.4, -0.2) is 46.7 Å². The number of thioether (sulfide) groups is 1. The molecule has 0 radical (unpaired) electrons. The Morgan fingerprint density at radius 1 is 1.29 bits per heavy atom. The van der Waals surface area contributed by atoms with Crippen LogP contribution in [0.1, 0.15) is 12.1 Å². The zero-order valence-corrected chi connectivity index (χ0v) is 13.1. The van der Waals surface area contributed by atoms with Gasteiger partial charge in [0.1, 0.15) is 0 Å². The van der Waals surface area contributed by atoms with Gasteiger partial charge in [0.2, 0.25) is 0 Å². The number of hydrogen-bond donors (Lipinski definition) is 0. The number of aromatic nitrogens is 1. The summed E-state index contributed by atoms with van der Waals surface area (Å²) in [6, 6.07) is 12.7. The van der Waals surface area contributed by atoms with Gasteiger partial charge in [-0.1, -0.05) is 24.3 Å². The highest BCUT2D eigenvalue weighted by molar-refractivity contribution is 8.01. The van der Waals surface area contributed by atoms with Gasteiger partial charge in [-0.2, -0.15) is 0 Å². The molecule has 0 bridgehead atoms. The minimum atomic E-state index is 0.455. The van der Waals surface area contributed by atoms with Crippen molar-refractivity contribution >= 4 is 22.7 Å². The van der Waals surface area contributed by atoms with Crippen molar-refractivity contribution in [1.82, 2.24) is 9.88 Å². The lowest BCUT2D eigenvalue weighted by molar-refractivity contribution is 0.0625. The fourth-order valence-electron chi connectivity index (χ4n) is 3.48. The first-order chi connectivity index (χ1) is 10.3. The number of pyridine rings is 1. The Kier molecular flexibility index (Phi) is 3.40. The highest BCUT2D eigenvalue weighted by Gasteiger charge is 2.48. The number of likely N-dealkylation sites (tertiary alicyclic amines) is 1. The van der Waals surface area contributed by atoms with Crippen molar-refractivity contribution in [2.75, 3.05) is 26.0 Å². The van der Waals surface area contributed by atoms with Crippen LogP contribution in [0.4, 0.5) is 0 Å². The molecule has 0 saturated carbocycles. The lowest BCUT2D eigenvalue weighted by atomic mass is 9.93. The lowest BCUT2D eigenvalue weighted by Crippen LogP contribution is -2.58. The molecule has 2 aliphatic heterocycles. The summed E-state index contributed by atoms with van der Waals surface area (Å²) in [5.41, 5.74) is 2.27. The van der Waals surface area contributed by atoms with Crippen molar-refractivity contribution in [1.29, 1.82) is 0 Å². The minimum absolute atomic E-state index is 0.455. The quantitative estimate of drug-likeness (QED) is 0.870. The molecule has 110 valence electrons. The molecule has 1 aromatic carbocycles. The zero-order valence-electron chi connectivity index (χ0n) is 12.3. The number of nitrogens with zero attached hydrogens (tertiary/aromatic N) is 2. The Morgan fingerprint density at radius 2 is 2.14 bits per heavy atom. The van der Waals surface area contributed by atoms with Crippen molar-refractivity contribution in [3.8, 4) is 0 Å². The van der Waals surface area contributed by atoms with Crippen molar-refractivity contribution in [2.24, 2.45) is 0 Å². The maximum absolute atomic E-state index is 5.49. The van der Waals surface area contributed by atoms with E-state index in [1.165, 1.54) is 30.6 Å². The molecule has 3 nitrogen and oxygen atoms in total. The second-order valence-corrected chi connectivity index (χ2v) is 7.68. The van der Waals surface area contributed by atoms with E-state index >= 15 is 0 Å². The number of fused-ring (bicyclic) bond motifs is 1. The molecule has 0 N–H and O–H groups in total. The van der Waals surface area contributed by atoms with E-state index in [0.717, 1.165) is 17.8 Å². The summed E-state index contributed by atoms with van der Waals surface area (Å²) in [7, 11) is 1.83. The predicted molar refractivity (Wildman–Crippen MR) is 87.6 cm³/mol. The van der Waals surface area contributed by atoms with E-state index in [2.05, 4.69) is 53.1 Å². The third-order valence-electron chi connectivity index (χ3n) is 4.57. The number of rotatable bonds is 3. The van der Waals surface area contributed by atoms with Crippen molar-refractivity contribution in [3.63, 3.8) is 0 Å². The summed E-state index contributed by atoms with van der Waals surface area (Å²) >= 11 is 2.09. The highest BCUT2D eigenvalue weighted by atomic mass is 32.2. The molecule has 1 spiro atoms. The SMILES string of the molecule is COC1CSC2(C1)CN(Cc1ccc3ccccc3n1)C2. The number of ether oxygens (including phenoxy) is 1. The Labute approximate surface area is 129 Å². The van der Waals surface area contributed by atoms with Gasteiger partial charge in [-0.05, 0) is 18.6 Å². The van der Waals surface area contributed by atoms with Gasteiger partial charge in [0.15, 0.2) is 0 Å². The van der Waals surface area contributed by atoms with E-state index in [1.807, 2.05) is 7.11 Å². The largest absolute Gasteiger partial charge is 0.381 e. The Bertz CT molecular complexity index is 654. The first-order valence-corrected chi connectivity index (χ1v) is 8.49. The normalized spacial score (nSPS) is 24.5. The second kappa shape index (κ2) is 5.27. The summed E-state index contributed by atoms with van der Waals surface area (Å²) in [6.45, 7) is 3.31. The van der Waals surface area contributed by atoms with Crippen LogP contribution in [0.3, 0.4) is 0 Å². The van der Waals surface area contributed by atoms with Gasteiger partial charge in [-0.25, -0.2) is 0 Å². The molecule has 1 atom stereocenters. The molecular weight excluding hydrogens is 280 g/mol. The van der Waals surface area contributed by atoms with Crippen LogP contribution in [0.5, 0.6) is 0 Å². The summed E-state index contributed by atoms with van der Waals surface area (Å²) in [4.78, 5) is 7.27. The van der Waals surface area contributed by atoms with Crippen molar-refractivity contribution in [2.45, 2.75) is 23.8 Å². The first-order valence-electron chi connectivity index (χ1n) is 7.50. The van der Waals surface area contributed by atoms with Crippen LogP contribution < -0.4 is 0 Å². The third-order valence-corrected chi connectivity index (χ3v) is 6.15. The average molecular weight is 300 g/mol. The zero-order chi connectivity index (χ0) is 14.3. The van der Waals surface area contributed by atoms with E-state index in [9.17, 15) is 0 Å². The van der Waals surface area contributed by atoms with Crippen LogP contribution in [-0.2, 0) is 11.3 Å². The number of benzene rings is 1. The Balaban J connectivity index is 1.41. The van der Waals surface area contributed by atoms with Gasteiger partial charge < -0.3 is 4.74 Å². The number of para-hydroxylation sites is 1. The smallest absolute Gasteiger partial charge is 0.0705 e. The third kappa shape index (κ3) is 2.56. The predicted octanol–water partition coefficient (Wildman–Crippen LogP) is 2.94. The molecule has 2 aliphatic rings. The van der Waals surface area contributed by atoms with E-state index < -0.39 is 0 Å². The second-order valence-electron chi connectivity index (χ2n) is 6.20. The standard InChI is InChI=1S/C17H20N2OS/c1-20-15-8-17(21-10-15)11-19(12-17)9-14-7-6-13-4-2-3-5-16(13)18-14/h2-7,15H,8-12H2,1H3. The number of methoxy groups -OCH3 is 1. The van der Waals surface area contributed by atoms with Crippen molar-refractivity contribution in [3.05, 3.63) is 42.1 Å². The van der Waals surface area contributed by atoms with E-state index in [0.29, 0.717) is 10.9 Å². The molecule has 4 rings (SSSR count). The Morgan fingerprint density at radius 3 is 2.95 bits per heavy atom. The van der Waals surface area contributed by atoms with Crippen LogP contribution in [0, 0.1) is 0 Å². The fourth-order valence-corrected chi connectivity index (χ4v) is 5.13. The van der Waals surface area contributed by atoms with Gasteiger partial charge >= 0.3 is 0 Å². The molecule has 2 saturated heterocycles. The fraction of sp³-hybridized carbons (Fsp3) is 0.471. The average Bonchev–Trinajstić information content (AvgIpc) is 2.91. The monoisotopic (exact) mass is 300 g/mol. The molecule has 0 aliphatic carbocycles.